The van der Waals surface area contributed by atoms with Crippen LogP contribution in [0.4, 0.5) is 0 Å². The van der Waals surface area contributed by atoms with Gasteiger partial charge in [-0.2, -0.15) is 0 Å². The van der Waals surface area contributed by atoms with Crippen LogP contribution in [0.5, 0.6) is 0 Å². The Balaban J connectivity index is 2.27. The molecule has 0 amide bonds. The van der Waals surface area contributed by atoms with Crippen LogP contribution in [0.25, 0.3) is 11.3 Å². The Morgan fingerprint density at radius 3 is 2.59 bits per heavy atom. The maximum atomic E-state index is 5.81. The standard InChI is InChI=1S/C13H17N3S/c1-9(2)11(7-14)13-16-12(8-17-13)10-3-5-15-6-4-10/h3-6,8-9,11H,7,14H2,1-2H3. The van der Waals surface area contributed by atoms with Crippen molar-refractivity contribution in [1.82, 2.24) is 9.97 Å². The average molecular weight is 247 g/mol. The zero-order valence-electron chi connectivity index (χ0n) is 10.1. The van der Waals surface area contributed by atoms with E-state index in [4.69, 9.17) is 5.73 Å². The molecule has 3 nitrogen and oxygen atoms in total. The van der Waals surface area contributed by atoms with Crippen LogP contribution in [-0.4, -0.2) is 16.5 Å². The smallest absolute Gasteiger partial charge is 0.0978 e. The molecule has 0 aliphatic heterocycles. The van der Waals surface area contributed by atoms with E-state index in [2.05, 4.69) is 29.2 Å². The van der Waals surface area contributed by atoms with Crippen LogP contribution in [0.15, 0.2) is 29.9 Å². The zero-order chi connectivity index (χ0) is 12.3. The van der Waals surface area contributed by atoms with E-state index in [9.17, 15) is 0 Å². The van der Waals surface area contributed by atoms with Gasteiger partial charge < -0.3 is 5.73 Å². The number of rotatable bonds is 4. The van der Waals surface area contributed by atoms with Gasteiger partial charge in [0, 0.05) is 35.8 Å². The summed E-state index contributed by atoms with van der Waals surface area (Å²) in [5.41, 5.74) is 7.94. The molecule has 0 aliphatic carbocycles. The molecule has 2 N–H and O–H groups in total. The third-order valence-electron chi connectivity index (χ3n) is 2.87. The third-order valence-corrected chi connectivity index (χ3v) is 3.85. The molecule has 0 radical (unpaired) electrons. The number of pyridine rings is 1. The number of nitrogens with zero attached hydrogens (tertiary/aromatic N) is 2. The number of nitrogens with two attached hydrogens (primary N) is 1. The Morgan fingerprint density at radius 2 is 2.00 bits per heavy atom. The van der Waals surface area contributed by atoms with Gasteiger partial charge in [-0.3, -0.25) is 4.98 Å². The van der Waals surface area contributed by atoms with Crippen LogP contribution in [0.2, 0.25) is 0 Å². The van der Waals surface area contributed by atoms with E-state index in [0.29, 0.717) is 18.4 Å². The zero-order valence-corrected chi connectivity index (χ0v) is 10.9. The molecule has 0 aromatic carbocycles. The maximum Gasteiger partial charge on any atom is 0.0978 e. The van der Waals surface area contributed by atoms with Gasteiger partial charge in [0.15, 0.2) is 0 Å². The minimum Gasteiger partial charge on any atom is -0.330 e. The molecule has 2 aromatic rings. The van der Waals surface area contributed by atoms with Gasteiger partial charge in [-0.1, -0.05) is 13.8 Å². The Morgan fingerprint density at radius 1 is 1.29 bits per heavy atom. The first-order chi connectivity index (χ1) is 8.22. The summed E-state index contributed by atoms with van der Waals surface area (Å²) in [7, 11) is 0. The molecule has 17 heavy (non-hydrogen) atoms. The number of hydrogen-bond donors (Lipinski definition) is 1. The summed E-state index contributed by atoms with van der Waals surface area (Å²) in [6, 6.07) is 3.96. The summed E-state index contributed by atoms with van der Waals surface area (Å²) in [5, 5.41) is 3.23. The van der Waals surface area contributed by atoms with E-state index < -0.39 is 0 Å². The molecule has 4 heteroatoms. The van der Waals surface area contributed by atoms with Crippen molar-refractivity contribution in [2.24, 2.45) is 11.7 Å². The van der Waals surface area contributed by atoms with Crippen molar-refractivity contribution in [3.8, 4) is 11.3 Å². The maximum absolute atomic E-state index is 5.81. The lowest BCUT2D eigenvalue weighted by Crippen LogP contribution is -2.17. The Hall–Kier alpha value is -1.26. The molecule has 2 aromatic heterocycles. The lowest BCUT2D eigenvalue weighted by atomic mass is 9.97. The van der Waals surface area contributed by atoms with Crippen LogP contribution in [0.3, 0.4) is 0 Å². The van der Waals surface area contributed by atoms with Crippen LogP contribution in [0, 0.1) is 5.92 Å². The predicted octanol–water partition coefficient (Wildman–Crippen LogP) is 2.90. The lowest BCUT2D eigenvalue weighted by molar-refractivity contribution is 0.504. The molecule has 90 valence electrons. The molecule has 0 fully saturated rings. The van der Waals surface area contributed by atoms with E-state index in [1.807, 2.05) is 12.1 Å². The second-order valence-corrected chi connectivity index (χ2v) is 5.28. The van der Waals surface area contributed by atoms with Gasteiger partial charge in [-0.25, -0.2) is 4.98 Å². The van der Waals surface area contributed by atoms with Crippen molar-refractivity contribution in [2.75, 3.05) is 6.54 Å². The normalized spacial score (nSPS) is 12.9. The second-order valence-electron chi connectivity index (χ2n) is 4.39. The summed E-state index contributed by atoms with van der Waals surface area (Å²) in [6.45, 7) is 5.02. The van der Waals surface area contributed by atoms with Crippen molar-refractivity contribution in [2.45, 2.75) is 19.8 Å². The van der Waals surface area contributed by atoms with Crippen molar-refractivity contribution in [3.05, 3.63) is 34.9 Å². The monoisotopic (exact) mass is 247 g/mol. The Labute approximate surface area is 106 Å². The van der Waals surface area contributed by atoms with Gasteiger partial charge in [-0.05, 0) is 18.1 Å². The van der Waals surface area contributed by atoms with Crippen molar-refractivity contribution in [1.29, 1.82) is 0 Å². The molecule has 0 saturated carbocycles. The number of aromatic nitrogens is 2. The third kappa shape index (κ3) is 2.70. The Bertz CT molecular complexity index is 465. The summed E-state index contributed by atoms with van der Waals surface area (Å²) < 4.78 is 0. The molecule has 0 spiro atoms. The molecule has 2 rings (SSSR count). The van der Waals surface area contributed by atoms with Crippen LogP contribution in [0.1, 0.15) is 24.8 Å². The highest BCUT2D eigenvalue weighted by molar-refractivity contribution is 7.10. The molecular formula is C13H17N3S. The molecule has 2 heterocycles. The summed E-state index contributed by atoms with van der Waals surface area (Å²) >= 11 is 1.69. The van der Waals surface area contributed by atoms with E-state index >= 15 is 0 Å². The van der Waals surface area contributed by atoms with Crippen molar-refractivity contribution >= 4 is 11.3 Å². The van der Waals surface area contributed by atoms with Crippen LogP contribution < -0.4 is 5.73 Å². The van der Waals surface area contributed by atoms with Crippen LogP contribution >= 0.6 is 11.3 Å². The highest BCUT2D eigenvalue weighted by Crippen LogP contribution is 2.29. The minimum absolute atomic E-state index is 0.357. The molecule has 0 aliphatic rings. The Kier molecular flexibility index (Phi) is 3.86. The van der Waals surface area contributed by atoms with E-state index in [1.54, 1.807) is 23.7 Å². The van der Waals surface area contributed by atoms with E-state index in [1.165, 1.54) is 0 Å². The molecule has 0 bridgehead atoms. The molecule has 0 saturated heterocycles. The molecular weight excluding hydrogens is 230 g/mol. The van der Waals surface area contributed by atoms with E-state index in [-0.39, 0.29) is 0 Å². The molecule has 1 unspecified atom stereocenters. The largest absolute Gasteiger partial charge is 0.330 e. The van der Waals surface area contributed by atoms with Gasteiger partial charge in [-0.15, -0.1) is 11.3 Å². The first-order valence-electron chi connectivity index (χ1n) is 5.78. The minimum atomic E-state index is 0.357. The summed E-state index contributed by atoms with van der Waals surface area (Å²) in [6.07, 6.45) is 3.58. The lowest BCUT2D eigenvalue weighted by Gasteiger charge is -2.15. The topological polar surface area (TPSA) is 51.8 Å². The van der Waals surface area contributed by atoms with Gasteiger partial charge in [0.2, 0.25) is 0 Å². The predicted molar refractivity (Wildman–Crippen MR) is 72.0 cm³/mol. The first kappa shape index (κ1) is 12.2. The highest BCUT2D eigenvalue weighted by atomic mass is 32.1. The highest BCUT2D eigenvalue weighted by Gasteiger charge is 2.18. The fourth-order valence-electron chi connectivity index (χ4n) is 1.77. The van der Waals surface area contributed by atoms with Crippen molar-refractivity contribution < 1.29 is 0 Å². The number of thiazole rings is 1. The average Bonchev–Trinajstić information content (AvgIpc) is 2.80. The van der Waals surface area contributed by atoms with Crippen LogP contribution in [-0.2, 0) is 0 Å². The fourth-order valence-corrected chi connectivity index (χ4v) is 2.89. The van der Waals surface area contributed by atoms with E-state index in [0.717, 1.165) is 16.3 Å². The SMILES string of the molecule is CC(C)C(CN)c1nc(-c2ccncc2)cs1. The summed E-state index contributed by atoms with van der Waals surface area (Å²) in [5.74, 6) is 0.882. The quantitative estimate of drug-likeness (QED) is 0.903. The second kappa shape index (κ2) is 5.38. The van der Waals surface area contributed by atoms with Gasteiger partial charge in [0.05, 0.1) is 10.7 Å². The summed E-state index contributed by atoms with van der Waals surface area (Å²) in [4.78, 5) is 8.70. The van der Waals surface area contributed by atoms with Gasteiger partial charge in [0.1, 0.15) is 0 Å². The van der Waals surface area contributed by atoms with Gasteiger partial charge in [0.25, 0.3) is 0 Å². The number of hydrogen-bond acceptors (Lipinski definition) is 4. The first-order valence-corrected chi connectivity index (χ1v) is 6.66. The molecule has 1 atom stereocenters. The van der Waals surface area contributed by atoms with Crippen molar-refractivity contribution in [3.63, 3.8) is 0 Å². The van der Waals surface area contributed by atoms with Gasteiger partial charge >= 0.3 is 0 Å². The fraction of sp³-hybridized carbons (Fsp3) is 0.385.